The van der Waals surface area contributed by atoms with E-state index in [1.165, 1.54) is 11.8 Å². The highest BCUT2D eigenvalue weighted by molar-refractivity contribution is 7.99. The minimum Gasteiger partial charge on any atom is -0.325 e. The average molecular weight is 415 g/mol. The Bertz CT molecular complexity index is 1100. The second-order valence-electron chi connectivity index (χ2n) is 6.99. The van der Waals surface area contributed by atoms with E-state index in [9.17, 15) is 4.79 Å². The Balaban J connectivity index is 1.54. The summed E-state index contributed by atoms with van der Waals surface area (Å²) in [6.07, 6.45) is 0. The number of aryl methyl sites for hydroxylation is 2. The highest BCUT2D eigenvalue weighted by atomic mass is 32.2. The van der Waals surface area contributed by atoms with Crippen molar-refractivity contribution in [3.63, 3.8) is 0 Å². The van der Waals surface area contributed by atoms with E-state index in [0.29, 0.717) is 5.16 Å². The summed E-state index contributed by atoms with van der Waals surface area (Å²) in [7, 11) is 0. The van der Waals surface area contributed by atoms with Gasteiger partial charge in [0.15, 0.2) is 5.82 Å². The molecule has 0 aliphatic carbocycles. The molecule has 0 atom stereocenters. The highest BCUT2D eigenvalue weighted by Gasteiger charge is 2.15. The summed E-state index contributed by atoms with van der Waals surface area (Å²) < 4.78 is 1.82. The Morgan fingerprint density at radius 2 is 1.67 bits per heavy atom. The molecule has 0 aliphatic heterocycles. The van der Waals surface area contributed by atoms with Crippen molar-refractivity contribution >= 4 is 23.4 Å². The van der Waals surface area contributed by atoms with Crippen LogP contribution in [-0.2, 0) is 4.79 Å². The number of hydrogen-bond donors (Lipinski definition) is 1. The molecule has 0 saturated carbocycles. The minimum atomic E-state index is -0.0778. The second-order valence-corrected chi connectivity index (χ2v) is 7.93. The van der Waals surface area contributed by atoms with Crippen LogP contribution >= 0.6 is 11.8 Å². The number of aromatic nitrogens is 3. The molecule has 0 aliphatic rings. The van der Waals surface area contributed by atoms with E-state index in [0.717, 1.165) is 33.9 Å². The van der Waals surface area contributed by atoms with Crippen LogP contribution in [0.15, 0.2) is 84.0 Å². The molecule has 4 rings (SSSR count). The first kappa shape index (κ1) is 19.9. The number of para-hydroxylation sites is 1. The number of nitrogens with zero attached hydrogens (tertiary/aromatic N) is 3. The van der Waals surface area contributed by atoms with Crippen molar-refractivity contribution in [3.8, 4) is 17.1 Å². The van der Waals surface area contributed by atoms with Gasteiger partial charge in [-0.25, -0.2) is 9.67 Å². The van der Waals surface area contributed by atoms with Gasteiger partial charge in [-0.05, 0) is 43.2 Å². The lowest BCUT2D eigenvalue weighted by Crippen LogP contribution is -2.15. The minimum absolute atomic E-state index is 0.0778. The second kappa shape index (κ2) is 8.97. The molecule has 5 nitrogen and oxygen atoms in total. The fourth-order valence-corrected chi connectivity index (χ4v) is 3.69. The Morgan fingerprint density at radius 1 is 0.967 bits per heavy atom. The van der Waals surface area contributed by atoms with E-state index in [1.54, 1.807) is 0 Å². The third-order valence-electron chi connectivity index (χ3n) is 4.62. The maximum Gasteiger partial charge on any atom is 0.234 e. The maximum atomic E-state index is 12.5. The third kappa shape index (κ3) is 4.60. The lowest BCUT2D eigenvalue weighted by molar-refractivity contribution is -0.113. The monoisotopic (exact) mass is 414 g/mol. The Labute approximate surface area is 180 Å². The number of benzene rings is 3. The topological polar surface area (TPSA) is 59.8 Å². The number of rotatable bonds is 6. The summed E-state index contributed by atoms with van der Waals surface area (Å²) in [6.45, 7) is 3.99. The number of carbonyl (C=O) groups excluding carboxylic acids is 1. The Hall–Kier alpha value is -3.38. The molecule has 0 saturated heterocycles. The molecule has 0 fully saturated rings. The van der Waals surface area contributed by atoms with Crippen molar-refractivity contribution in [2.24, 2.45) is 0 Å². The van der Waals surface area contributed by atoms with Crippen LogP contribution in [0.4, 0.5) is 5.69 Å². The van der Waals surface area contributed by atoms with Crippen LogP contribution in [0.25, 0.3) is 17.1 Å². The van der Waals surface area contributed by atoms with Gasteiger partial charge in [-0.15, -0.1) is 5.10 Å². The number of anilines is 1. The molecule has 150 valence electrons. The molecule has 6 heteroatoms. The van der Waals surface area contributed by atoms with Gasteiger partial charge in [0.2, 0.25) is 11.1 Å². The molecule has 0 radical (unpaired) electrons. The molecule has 1 aromatic heterocycles. The van der Waals surface area contributed by atoms with Crippen molar-refractivity contribution in [2.75, 3.05) is 11.1 Å². The quantitative estimate of drug-likeness (QED) is 0.436. The number of hydrogen-bond acceptors (Lipinski definition) is 4. The van der Waals surface area contributed by atoms with Crippen LogP contribution in [-0.4, -0.2) is 26.4 Å². The predicted molar refractivity (Wildman–Crippen MR) is 122 cm³/mol. The van der Waals surface area contributed by atoms with Crippen LogP contribution in [0.1, 0.15) is 11.1 Å². The van der Waals surface area contributed by atoms with E-state index < -0.39 is 0 Å². The van der Waals surface area contributed by atoms with Gasteiger partial charge < -0.3 is 5.32 Å². The standard InChI is InChI=1S/C24H22N4OS/c1-17-13-14-18(2)21(15-17)25-22(29)16-30-24-26-23(19-9-5-3-6-10-19)28(27-24)20-11-7-4-8-12-20/h3-15H,16H2,1-2H3,(H,25,29). The van der Waals surface area contributed by atoms with Gasteiger partial charge in [-0.2, -0.15) is 0 Å². The fourth-order valence-electron chi connectivity index (χ4n) is 3.06. The van der Waals surface area contributed by atoms with Gasteiger partial charge in [0, 0.05) is 11.3 Å². The SMILES string of the molecule is Cc1ccc(C)c(NC(=O)CSc2nc(-c3ccccc3)n(-c3ccccc3)n2)c1. The zero-order valence-electron chi connectivity index (χ0n) is 16.9. The third-order valence-corrected chi connectivity index (χ3v) is 5.46. The van der Waals surface area contributed by atoms with Gasteiger partial charge in [-0.3, -0.25) is 4.79 Å². The van der Waals surface area contributed by atoms with Gasteiger partial charge in [0.1, 0.15) is 0 Å². The summed E-state index contributed by atoms with van der Waals surface area (Å²) in [5, 5.41) is 8.20. The molecule has 1 heterocycles. The van der Waals surface area contributed by atoms with Crippen LogP contribution in [0.3, 0.4) is 0 Å². The first-order valence-corrected chi connectivity index (χ1v) is 10.7. The largest absolute Gasteiger partial charge is 0.325 e. The number of thioether (sulfide) groups is 1. The van der Waals surface area contributed by atoms with Crippen molar-refractivity contribution in [1.29, 1.82) is 0 Å². The number of amides is 1. The van der Waals surface area contributed by atoms with Gasteiger partial charge in [0.05, 0.1) is 11.4 Å². The fraction of sp³-hybridized carbons (Fsp3) is 0.125. The highest BCUT2D eigenvalue weighted by Crippen LogP contribution is 2.25. The van der Waals surface area contributed by atoms with Crippen molar-refractivity contribution in [1.82, 2.24) is 14.8 Å². The van der Waals surface area contributed by atoms with Gasteiger partial charge in [-0.1, -0.05) is 72.4 Å². The zero-order chi connectivity index (χ0) is 20.9. The molecule has 4 aromatic rings. The van der Waals surface area contributed by atoms with Gasteiger partial charge in [0.25, 0.3) is 0 Å². The van der Waals surface area contributed by atoms with Crippen molar-refractivity contribution in [3.05, 3.63) is 90.0 Å². The molecule has 0 spiro atoms. The van der Waals surface area contributed by atoms with Crippen LogP contribution < -0.4 is 5.32 Å². The van der Waals surface area contributed by atoms with E-state index in [-0.39, 0.29) is 11.7 Å². The van der Waals surface area contributed by atoms with E-state index in [1.807, 2.05) is 97.4 Å². The van der Waals surface area contributed by atoms with E-state index >= 15 is 0 Å². The Morgan fingerprint density at radius 3 is 2.40 bits per heavy atom. The summed E-state index contributed by atoms with van der Waals surface area (Å²) >= 11 is 1.33. The normalized spacial score (nSPS) is 10.7. The predicted octanol–water partition coefficient (Wildman–Crippen LogP) is 5.28. The summed E-state index contributed by atoms with van der Waals surface area (Å²) in [5.74, 6) is 0.908. The molecule has 3 aromatic carbocycles. The summed E-state index contributed by atoms with van der Waals surface area (Å²) in [5.41, 5.74) is 4.89. The Kier molecular flexibility index (Phi) is 5.95. The van der Waals surface area contributed by atoms with Crippen LogP contribution in [0.5, 0.6) is 0 Å². The van der Waals surface area contributed by atoms with Crippen molar-refractivity contribution < 1.29 is 4.79 Å². The van der Waals surface area contributed by atoms with Crippen molar-refractivity contribution in [2.45, 2.75) is 19.0 Å². The molecule has 0 unspecified atom stereocenters. The average Bonchev–Trinajstić information content (AvgIpc) is 3.20. The molecular formula is C24H22N4OS. The van der Waals surface area contributed by atoms with E-state index in [2.05, 4.69) is 10.4 Å². The first-order valence-electron chi connectivity index (χ1n) is 9.68. The number of carbonyl (C=O) groups is 1. The summed E-state index contributed by atoms with van der Waals surface area (Å²) in [6, 6.07) is 25.8. The maximum absolute atomic E-state index is 12.5. The zero-order valence-corrected chi connectivity index (χ0v) is 17.7. The smallest absolute Gasteiger partial charge is 0.234 e. The lowest BCUT2D eigenvalue weighted by atomic mass is 10.1. The molecule has 0 bridgehead atoms. The lowest BCUT2D eigenvalue weighted by Gasteiger charge is -2.08. The van der Waals surface area contributed by atoms with E-state index in [4.69, 9.17) is 4.98 Å². The molecular weight excluding hydrogens is 392 g/mol. The molecule has 1 N–H and O–H groups in total. The van der Waals surface area contributed by atoms with Crippen LogP contribution in [0.2, 0.25) is 0 Å². The molecule has 1 amide bonds. The van der Waals surface area contributed by atoms with Crippen LogP contribution in [0, 0.1) is 13.8 Å². The first-order chi connectivity index (χ1) is 14.6. The molecule has 30 heavy (non-hydrogen) atoms. The van der Waals surface area contributed by atoms with Gasteiger partial charge >= 0.3 is 0 Å². The number of nitrogens with one attached hydrogen (secondary N) is 1. The summed E-state index contributed by atoms with van der Waals surface area (Å²) in [4.78, 5) is 17.2.